The Morgan fingerprint density at radius 3 is 2.12 bits per heavy atom. The van der Waals surface area contributed by atoms with E-state index in [1.807, 2.05) is 32.9 Å². The van der Waals surface area contributed by atoms with Crippen molar-refractivity contribution in [1.82, 2.24) is 5.32 Å². The van der Waals surface area contributed by atoms with Gasteiger partial charge in [-0.15, -0.1) is 0 Å². The number of anilines is 2. The first kappa shape index (κ1) is 29.7. The highest BCUT2D eigenvalue weighted by molar-refractivity contribution is 6.08. The first-order chi connectivity index (χ1) is 19.4. The van der Waals surface area contributed by atoms with Gasteiger partial charge in [0.2, 0.25) is 0 Å². The molecule has 4 rings (SSSR count). The fourth-order valence-electron chi connectivity index (χ4n) is 4.83. The normalized spacial score (nSPS) is 14.5. The van der Waals surface area contributed by atoms with E-state index < -0.39 is 41.7 Å². The molecule has 4 N–H and O–H groups in total. The lowest BCUT2D eigenvalue weighted by molar-refractivity contribution is -0.146. The van der Waals surface area contributed by atoms with E-state index in [0.29, 0.717) is 16.8 Å². The monoisotopic (exact) mass is 565 g/mol. The summed E-state index contributed by atoms with van der Waals surface area (Å²) >= 11 is 0. The highest BCUT2D eigenvalue weighted by Gasteiger charge is 2.32. The molecular weight excluding hydrogens is 532 g/mol. The fourth-order valence-corrected chi connectivity index (χ4v) is 4.83. The van der Waals surface area contributed by atoms with Gasteiger partial charge in [-0.3, -0.25) is 4.79 Å². The largest absolute Gasteiger partial charge is 0.480 e. The predicted octanol–water partition coefficient (Wildman–Crippen LogP) is 6.34. The van der Waals surface area contributed by atoms with Crippen molar-refractivity contribution < 1.29 is 33.0 Å². The van der Waals surface area contributed by atoms with Crippen LogP contribution in [0.1, 0.15) is 53.2 Å². The first-order valence-electron chi connectivity index (χ1n) is 13.4. The number of carboxylic acid groups (broad SMARTS) is 1. The molecule has 2 atom stereocenters. The maximum absolute atomic E-state index is 14.0. The summed E-state index contributed by atoms with van der Waals surface area (Å²) in [4.78, 5) is 38.5. The zero-order valence-electron chi connectivity index (χ0n) is 23.3. The van der Waals surface area contributed by atoms with Gasteiger partial charge in [0.15, 0.2) is 17.7 Å². The van der Waals surface area contributed by atoms with E-state index in [2.05, 4.69) is 16.0 Å². The summed E-state index contributed by atoms with van der Waals surface area (Å²) < 4.78 is 33.3. The second-order valence-corrected chi connectivity index (χ2v) is 10.4. The molecule has 0 unspecified atom stereocenters. The lowest BCUT2D eigenvalue weighted by Crippen LogP contribution is -2.50. The molecule has 0 aliphatic heterocycles. The number of aliphatic carboxylic acids is 1. The second-order valence-electron chi connectivity index (χ2n) is 10.4. The minimum atomic E-state index is -1.34. The van der Waals surface area contributed by atoms with Crippen molar-refractivity contribution >= 4 is 29.3 Å². The summed E-state index contributed by atoms with van der Waals surface area (Å²) in [5.74, 6) is -4.08. The average Bonchev–Trinajstić information content (AvgIpc) is 2.88. The van der Waals surface area contributed by atoms with E-state index in [0.717, 1.165) is 48.1 Å². The Morgan fingerprint density at radius 2 is 1.54 bits per heavy atom. The summed E-state index contributed by atoms with van der Waals surface area (Å²) in [6.45, 7) is 7.25. The SMILES string of the molecule is Cc1cc(C)c(NC(=O)Nc2cc(-c3ccc(F)c(F)c3)ccc2C(=O)N[C@H](C(=O)O)[C@@H](C)OC2CCC2)c(C)c1. The third kappa shape index (κ3) is 7.07. The highest BCUT2D eigenvalue weighted by Crippen LogP contribution is 2.29. The number of rotatable bonds is 9. The molecule has 10 heteroatoms. The molecule has 3 aromatic rings. The summed E-state index contributed by atoms with van der Waals surface area (Å²) in [6.07, 6.45) is 1.83. The summed E-state index contributed by atoms with van der Waals surface area (Å²) in [6, 6.07) is 9.55. The van der Waals surface area contributed by atoms with Crippen molar-refractivity contribution in [3.63, 3.8) is 0 Å². The van der Waals surface area contributed by atoms with Gasteiger partial charge in [0.05, 0.1) is 23.5 Å². The number of carboxylic acids is 1. The second kappa shape index (κ2) is 12.5. The van der Waals surface area contributed by atoms with Crippen molar-refractivity contribution in [2.24, 2.45) is 0 Å². The number of urea groups is 1. The van der Waals surface area contributed by atoms with Gasteiger partial charge in [0, 0.05) is 5.69 Å². The molecule has 0 radical (unpaired) electrons. The lowest BCUT2D eigenvalue weighted by atomic mass is 9.95. The first-order valence-corrected chi connectivity index (χ1v) is 13.4. The molecule has 41 heavy (non-hydrogen) atoms. The van der Waals surface area contributed by atoms with Crippen LogP contribution in [0.25, 0.3) is 11.1 Å². The molecule has 0 heterocycles. The van der Waals surface area contributed by atoms with Gasteiger partial charge in [-0.05, 0) is 93.5 Å². The maximum atomic E-state index is 14.0. The van der Waals surface area contributed by atoms with Gasteiger partial charge in [0.1, 0.15) is 0 Å². The Kier molecular flexibility index (Phi) is 9.02. The number of ether oxygens (including phenoxy) is 1. The number of carbonyl (C=O) groups excluding carboxylic acids is 2. The van der Waals surface area contributed by atoms with Crippen LogP contribution in [0.15, 0.2) is 48.5 Å². The Labute approximate surface area is 237 Å². The molecule has 1 aliphatic rings. The molecule has 0 aromatic heterocycles. The van der Waals surface area contributed by atoms with Crippen LogP contribution in [0.3, 0.4) is 0 Å². The Bertz CT molecular complexity index is 1470. The molecule has 1 fully saturated rings. The van der Waals surface area contributed by atoms with Crippen LogP contribution in [0.5, 0.6) is 0 Å². The van der Waals surface area contributed by atoms with Crippen LogP contribution in [0.2, 0.25) is 0 Å². The molecule has 216 valence electrons. The zero-order valence-corrected chi connectivity index (χ0v) is 23.3. The van der Waals surface area contributed by atoms with E-state index in [1.54, 1.807) is 6.92 Å². The van der Waals surface area contributed by atoms with Gasteiger partial charge in [-0.2, -0.15) is 0 Å². The third-order valence-corrected chi connectivity index (χ3v) is 7.16. The minimum absolute atomic E-state index is 0.0223. The van der Waals surface area contributed by atoms with E-state index in [-0.39, 0.29) is 17.4 Å². The van der Waals surface area contributed by atoms with Crippen molar-refractivity contribution in [2.75, 3.05) is 10.6 Å². The zero-order chi connectivity index (χ0) is 29.8. The molecule has 3 aromatic carbocycles. The number of halogens is 2. The standard InChI is InChI=1S/C31H33F2N3O5/c1-16-12-17(2)27(18(3)13-16)36-31(40)34-26-15-21(20-9-11-24(32)25(33)14-20)8-10-23(26)29(37)35-28(30(38)39)19(4)41-22-6-5-7-22/h8-15,19,22,28H,5-7H2,1-4H3,(H,35,37)(H,38,39)(H2,34,36,40)/t19-,28+/m1/s1. The van der Waals surface area contributed by atoms with Crippen LogP contribution in [-0.4, -0.2) is 41.3 Å². The van der Waals surface area contributed by atoms with Gasteiger partial charge in [0.25, 0.3) is 5.91 Å². The minimum Gasteiger partial charge on any atom is -0.480 e. The number of nitrogens with one attached hydrogen (secondary N) is 3. The summed E-state index contributed by atoms with van der Waals surface area (Å²) in [7, 11) is 0. The van der Waals surface area contributed by atoms with Crippen LogP contribution in [0, 0.1) is 32.4 Å². The quantitative estimate of drug-likeness (QED) is 0.242. The Morgan fingerprint density at radius 1 is 0.902 bits per heavy atom. The van der Waals surface area contributed by atoms with E-state index in [1.165, 1.54) is 24.3 Å². The molecule has 1 saturated carbocycles. The van der Waals surface area contributed by atoms with Crippen molar-refractivity contribution in [3.8, 4) is 11.1 Å². The van der Waals surface area contributed by atoms with Gasteiger partial charge in [-0.1, -0.05) is 29.8 Å². The molecule has 0 saturated heterocycles. The molecule has 3 amide bonds. The fraction of sp³-hybridized carbons (Fsp3) is 0.323. The smallest absolute Gasteiger partial charge is 0.328 e. The van der Waals surface area contributed by atoms with Crippen molar-refractivity contribution in [1.29, 1.82) is 0 Å². The van der Waals surface area contributed by atoms with Crippen LogP contribution >= 0.6 is 0 Å². The topological polar surface area (TPSA) is 117 Å². The molecule has 0 bridgehead atoms. The average molecular weight is 566 g/mol. The molecular formula is C31H33F2N3O5. The van der Waals surface area contributed by atoms with E-state index >= 15 is 0 Å². The number of carbonyl (C=O) groups is 3. The van der Waals surface area contributed by atoms with E-state index in [9.17, 15) is 28.3 Å². The molecule has 0 spiro atoms. The number of benzene rings is 3. The van der Waals surface area contributed by atoms with Crippen LogP contribution in [0.4, 0.5) is 25.0 Å². The maximum Gasteiger partial charge on any atom is 0.328 e. The van der Waals surface area contributed by atoms with Gasteiger partial charge >= 0.3 is 12.0 Å². The number of aryl methyl sites for hydroxylation is 3. The number of hydrogen-bond acceptors (Lipinski definition) is 4. The predicted molar refractivity (Wildman–Crippen MR) is 152 cm³/mol. The van der Waals surface area contributed by atoms with E-state index in [4.69, 9.17) is 4.74 Å². The summed E-state index contributed by atoms with van der Waals surface area (Å²) in [5.41, 5.74) is 4.06. The van der Waals surface area contributed by atoms with Crippen LogP contribution in [-0.2, 0) is 9.53 Å². The van der Waals surface area contributed by atoms with Crippen molar-refractivity contribution in [2.45, 2.75) is 65.2 Å². The number of amides is 3. The number of hydrogen-bond donors (Lipinski definition) is 4. The van der Waals surface area contributed by atoms with Gasteiger partial charge in [-0.25, -0.2) is 18.4 Å². The highest BCUT2D eigenvalue weighted by atomic mass is 19.2. The van der Waals surface area contributed by atoms with Crippen molar-refractivity contribution in [3.05, 3.63) is 82.4 Å². The molecule has 8 nitrogen and oxygen atoms in total. The summed E-state index contributed by atoms with van der Waals surface area (Å²) in [5, 5.41) is 17.8. The Hall–Kier alpha value is -4.31. The van der Waals surface area contributed by atoms with Crippen LogP contribution < -0.4 is 16.0 Å². The molecule has 1 aliphatic carbocycles. The Balaban J connectivity index is 1.64. The third-order valence-electron chi connectivity index (χ3n) is 7.16. The van der Waals surface area contributed by atoms with Gasteiger partial charge < -0.3 is 25.8 Å². The lowest BCUT2D eigenvalue weighted by Gasteiger charge is -2.31.